The van der Waals surface area contributed by atoms with Crippen molar-refractivity contribution < 1.29 is 9.53 Å². The summed E-state index contributed by atoms with van der Waals surface area (Å²) in [6.07, 6.45) is 2.56. The second kappa shape index (κ2) is 4.81. The zero-order chi connectivity index (χ0) is 14.3. The minimum absolute atomic E-state index is 0.164. The van der Waals surface area contributed by atoms with Crippen LogP contribution in [0.25, 0.3) is 0 Å². The summed E-state index contributed by atoms with van der Waals surface area (Å²) in [6, 6.07) is 1.90. The highest BCUT2D eigenvalue weighted by atomic mass is 79.9. The van der Waals surface area contributed by atoms with Crippen molar-refractivity contribution in [3.05, 3.63) is 16.9 Å². The molecule has 0 aromatic carbocycles. The van der Waals surface area contributed by atoms with Gasteiger partial charge in [0.25, 0.3) is 0 Å². The molecule has 19 heavy (non-hydrogen) atoms. The molecule has 0 saturated carbocycles. The smallest absolute Gasteiger partial charge is 0.410 e. The molecule has 1 aromatic rings. The quantitative estimate of drug-likeness (QED) is 0.795. The summed E-state index contributed by atoms with van der Waals surface area (Å²) < 4.78 is 8.13. The van der Waals surface area contributed by atoms with Crippen molar-refractivity contribution >= 4 is 22.0 Å². The van der Waals surface area contributed by atoms with Gasteiger partial charge < -0.3 is 9.64 Å². The summed E-state index contributed by atoms with van der Waals surface area (Å²) in [7, 11) is 0. The van der Waals surface area contributed by atoms with E-state index in [-0.39, 0.29) is 11.6 Å². The van der Waals surface area contributed by atoms with E-state index < -0.39 is 5.60 Å². The largest absolute Gasteiger partial charge is 0.444 e. The molecule has 1 aromatic heterocycles. The Morgan fingerprint density at radius 1 is 1.53 bits per heavy atom. The number of carbonyl (C=O) groups is 1. The fourth-order valence-electron chi connectivity index (χ4n) is 2.22. The van der Waals surface area contributed by atoms with Crippen LogP contribution >= 0.6 is 15.9 Å². The summed E-state index contributed by atoms with van der Waals surface area (Å²) in [4.78, 5) is 13.8. The highest BCUT2D eigenvalue weighted by molar-refractivity contribution is 9.10. The van der Waals surface area contributed by atoms with Crippen molar-refractivity contribution in [1.82, 2.24) is 14.7 Å². The maximum atomic E-state index is 12.1. The van der Waals surface area contributed by atoms with Gasteiger partial charge >= 0.3 is 6.09 Å². The number of hydrogen-bond acceptors (Lipinski definition) is 3. The van der Waals surface area contributed by atoms with Crippen LogP contribution in [0.2, 0.25) is 0 Å². The molecule has 1 fully saturated rings. The van der Waals surface area contributed by atoms with Crippen LogP contribution in [0.4, 0.5) is 4.79 Å². The lowest BCUT2D eigenvalue weighted by Crippen LogP contribution is -2.39. The first-order valence-corrected chi connectivity index (χ1v) is 7.18. The Morgan fingerprint density at radius 2 is 2.21 bits per heavy atom. The molecule has 1 aliphatic rings. The molecule has 1 amide bonds. The Bertz CT molecular complexity index is 480. The first-order chi connectivity index (χ1) is 8.70. The molecule has 0 spiro atoms. The first-order valence-electron chi connectivity index (χ1n) is 6.39. The number of rotatable bonds is 1. The maximum absolute atomic E-state index is 12.1. The molecular formula is C13H20BrN3O2. The normalized spacial score (nSPS) is 23.7. The molecule has 1 atom stereocenters. The van der Waals surface area contributed by atoms with Gasteiger partial charge in [-0.1, -0.05) is 0 Å². The van der Waals surface area contributed by atoms with Crippen LogP contribution in [-0.2, 0) is 10.3 Å². The number of amides is 1. The van der Waals surface area contributed by atoms with Crippen molar-refractivity contribution in [3.63, 3.8) is 0 Å². The van der Waals surface area contributed by atoms with Gasteiger partial charge in [-0.25, -0.2) is 4.79 Å². The predicted molar refractivity (Wildman–Crippen MR) is 76.0 cm³/mol. The van der Waals surface area contributed by atoms with Gasteiger partial charge in [0.05, 0.1) is 5.54 Å². The summed E-state index contributed by atoms with van der Waals surface area (Å²) in [5.74, 6) is 0. The van der Waals surface area contributed by atoms with Gasteiger partial charge in [-0.15, -0.1) is 0 Å². The van der Waals surface area contributed by atoms with Gasteiger partial charge in [0.1, 0.15) is 10.2 Å². The molecule has 2 heterocycles. The molecule has 0 bridgehead atoms. The Balaban J connectivity index is 2.05. The Morgan fingerprint density at radius 3 is 2.74 bits per heavy atom. The van der Waals surface area contributed by atoms with Crippen molar-refractivity contribution in [2.75, 3.05) is 13.1 Å². The van der Waals surface area contributed by atoms with Crippen molar-refractivity contribution in [3.8, 4) is 0 Å². The molecule has 1 unspecified atom stereocenters. The minimum Gasteiger partial charge on any atom is -0.444 e. The van der Waals surface area contributed by atoms with Crippen LogP contribution in [0, 0.1) is 0 Å². The van der Waals surface area contributed by atoms with Gasteiger partial charge in [0.15, 0.2) is 0 Å². The van der Waals surface area contributed by atoms with E-state index in [9.17, 15) is 4.79 Å². The van der Waals surface area contributed by atoms with Crippen LogP contribution in [0.3, 0.4) is 0 Å². The van der Waals surface area contributed by atoms with Gasteiger partial charge in [0, 0.05) is 19.3 Å². The van der Waals surface area contributed by atoms with E-state index in [4.69, 9.17) is 4.74 Å². The molecule has 0 radical (unpaired) electrons. The molecule has 1 saturated heterocycles. The van der Waals surface area contributed by atoms with E-state index in [0.29, 0.717) is 13.1 Å². The van der Waals surface area contributed by atoms with E-state index >= 15 is 0 Å². The lowest BCUT2D eigenvalue weighted by atomic mass is 10.0. The lowest BCUT2D eigenvalue weighted by Gasteiger charge is -2.27. The molecule has 2 rings (SSSR count). The molecule has 1 aliphatic heterocycles. The highest BCUT2D eigenvalue weighted by Gasteiger charge is 2.39. The number of halogens is 1. The zero-order valence-electron chi connectivity index (χ0n) is 11.8. The molecule has 6 heteroatoms. The van der Waals surface area contributed by atoms with Gasteiger partial charge in [-0.2, -0.15) is 5.10 Å². The number of nitrogens with zero attached hydrogens (tertiary/aromatic N) is 3. The molecule has 5 nitrogen and oxygen atoms in total. The van der Waals surface area contributed by atoms with E-state index in [0.717, 1.165) is 11.0 Å². The summed E-state index contributed by atoms with van der Waals surface area (Å²) >= 11 is 3.35. The molecule has 106 valence electrons. The van der Waals surface area contributed by atoms with Crippen molar-refractivity contribution in [1.29, 1.82) is 0 Å². The lowest BCUT2D eigenvalue weighted by molar-refractivity contribution is 0.0275. The second-order valence-corrected chi connectivity index (χ2v) is 7.04. The van der Waals surface area contributed by atoms with Gasteiger partial charge in [-0.05, 0) is 56.1 Å². The van der Waals surface area contributed by atoms with Crippen molar-refractivity contribution in [2.24, 2.45) is 0 Å². The second-order valence-electron chi connectivity index (χ2n) is 6.23. The van der Waals surface area contributed by atoms with Crippen molar-refractivity contribution in [2.45, 2.75) is 45.3 Å². The zero-order valence-corrected chi connectivity index (χ0v) is 13.4. The SMILES string of the molecule is CC(C)(C)OC(=O)N1CCC(C)(n2ccc(Br)n2)C1. The summed E-state index contributed by atoms with van der Waals surface area (Å²) in [5, 5.41) is 4.39. The summed E-state index contributed by atoms with van der Waals surface area (Å²) in [6.45, 7) is 9.07. The highest BCUT2D eigenvalue weighted by Crippen LogP contribution is 2.29. The van der Waals surface area contributed by atoms with Crippen LogP contribution in [0.5, 0.6) is 0 Å². The Kier molecular flexibility index (Phi) is 3.64. The molecule has 0 aliphatic carbocycles. The third-order valence-corrected chi connectivity index (χ3v) is 3.64. The average Bonchev–Trinajstić information content (AvgIpc) is 2.83. The topological polar surface area (TPSA) is 47.4 Å². The van der Waals surface area contributed by atoms with E-state index in [1.54, 1.807) is 4.90 Å². The van der Waals surface area contributed by atoms with Gasteiger partial charge in [0.2, 0.25) is 0 Å². The van der Waals surface area contributed by atoms with Crippen LogP contribution in [-0.4, -0.2) is 39.5 Å². The minimum atomic E-state index is -0.454. The standard InChI is InChI=1S/C13H20BrN3O2/c1-12(2,3)19-11(18)16-8-6-13(4,9-16)17-7-5-10(14)15-17/h5,7H,6,8-9H2,1-4H3. The Hall–Kier alpha value is -1.04. The van der Waals surface area contributed by atoms with Crippen LogP contribution in [0.15, 0.2) is 16.9 Å². The maximum Gasteiger partial charge on any atom is 0.410 e. The average molecular weight is 330 g/mol. The monoisotopic (exact) mass is 329 g/mol. The fraction of sp³-hybridized carbons (Fsp3) is 0.692. The number of hydrogen-bond donors (Lipinski definition) is 0. The number of likely N-dealkylation sites (tertiary alicyclic amines) is 1. The first kappa shape index (κ1) is 14.4. The van der Waals surface area contributed by atoms with E-state index in [1.807, 2.05) is 37.7 Å². The molecular weight excluding hydrogens is 310 g/mol. The van der Waals surface area contributed by atoms with Gasteiger partial charge in [-0.3, -0.25) is 4.68 Å². The predicted octanol–water partition coefficient (Wildman–Crippen LogP) is 3.00. The molecule has 0 N–H and O–H groups in total. The fourth-order valence-corrected chi connectivity index (χ4v) is 2.51. The summed E-state index contributed by atoms with van der Waals surface area (Å²) in [5.41, 5.74) is -0.617. The third kappa shape index (κ3) is 3.29. The number of aromatic nitrogens is 2. The number of carbonyl (C=O) groups excluding carboxylic acids is 1. The van der Waals surface area contributed by atoms with E-state index in [1.165, 1.54) is 0 Å². The van der Waals surface area contributed by atoms with Crippen LogP contribution < -0.4 is 0 Å². The third-order valence-electron chi connectivity index (χ3n) is 3.21. The van der Waals surface area contributed by atoms with E-state index in [2.05, 4.69) is 28.0 Å². The van der Waals surface area contributed by atoms with Crippen LogP contribution in [0.1, 0.15) is 34.1 Å². The Labute approximate surface area is 122 Å². The number of ether oxygens (including phenoxy) is 1.